The number of likely N-dealkylation sites (tertiary alicyclic amines) is 1. The van der Waals surface area contributed by atoms with Gasteiger partial charge in [0.2, 0.25) is 5.95 Å². The van der Waals surface area contributed by atoms with E-state index >= 15 is 0 Å². The van der Waals surface area contributed by atoms with Gasteiger partial charge >= 0.3 is 0 Å². The van der Waals surface area contributed by atoms with E-state index < -0.39 is 0 Å². The lowest BCUT2D eigenvalue weighted by Gasteiger charge is -2.31. The molecule has 33 heavy (non-hydrogen) atoms. The number of nitrogens with one attached hydrogen (secondary N) is 1. The lowest BCUT2D eigenvalue weighted by atomic mass is 9.89. The van der Waals surface area contributed by atoms with E-state index in [2.05, 4.69) is 39.5 Å². The van der Waals surface area contributed by atoms with Crippen LogP contribution in [0.2, 0.25) is 0 Å². The van der Waals surface area contributed by atoms with Crippen LogP contribution in [0.3, 0.4) is 0 Å². The van der Waals surface area contributed by atoms with Crippen molar-refractivity contribution in [3.63, 3.8) is 0 Å². The summed E-state index contributed by atoms with van der Waals surface area (Å²) in [6.45, 7) is 3.11. The summed E-state index contributed by atoms with van der Waals surface area (Å²) in [5.74, 6) is 1.92. The molecule has 7 nitrogen and oxygen atoms in total. The summed E-state index contributed by atoms with van der Waals surface area (Å²) in [6, 6.07) is 20.6. The Bertz CT molecular complexity index is 1210. The number of para-hydroxylation sites is 1. The van der Waals surface area contributed by atoms with Crippen molar-refractivity contribution in [3.05, 3.63) is 72.4 Å². The van der Waals surface area contributed by atoms with Crippen LogP contribution in [-0.2, 0) is 0 Å². The van der Waals surface area contributed by atoms with Crippen LogP contribution >= 0.6 is 0 Å². The third-order valence-electron chi connectivity index (χ3n) is 6.42. The van der Waals surface area contributed by atoms with Crippen LogP contribution in [0.25, 0.3) is 16.8 Å². The number of hydrogen-bond donors (Lipinski definition) is 2. The molecule has 0 aliphatic carbocycles. The number of ether oxygens (including phenoxy) is 1. The Labute approximate surface area is 193 Å². The minimum atomic E-state index is 0.238. The molecule has 1 saturated heterocycles. The molecule has 0 atom stereocenters. The number of fused-ring (bicyclic) bond motifs is 1. The van der Waals surface area contributed by atoms with Gasteiger partial charge in [0.25, 0.3) is 0 Å². The van der Waals surface area contributed by atoms with E-state index in [0.29, 0.717) is 11.9 Å². The Balaban J connectivity index is 1.32. The first-order valence-corrected chi connectivity index (χ1v) is 11.4. The largest absolute Gasteiger partial charge is 0.496 e. The van der Waals surface area contributed by atoms with E-state index in [1.165, 1.54) is 5.56 Å². The Kier molecular flexibility index (Phi) is 6.24. The maximum absolute atomic E-state index is 9.13. The van der Waals surface area contributed by atoms with E-state index in [1.807, 2.05) is 47.1 Å². The van der Waals surface area contributed by atoms with Gasteiger partial charge in [-0.3, -0.25) is 0 Å². The number of rotatable bonds is 7. The van der Waals surface area contributed by atoms with Gasteiger partial charge in [0.1, 0.15) is 5.75 Å². The fourth-order valence-electron chi connectivity index (χ4n) is 4.62. The van der Waals surface area contributed by atoms with Crippen LogP contribution in [-0.4, -0.2) is 58.0 Å². The maximum Gasteiger partial charge on any atom is 0.245 e. The summed E-state index contributed by atoms with van der Waals surface area (Å²) in [5.41, 5.74) is 5.19. The van der Waals surface area contributed by atoms with Crippen molar-refractivity contribution in [1.29, 1.82) is 0 Å². The summed E-state index contributed by atoms with van der Waals surface area (Å²) in [7, 11) is 1.68. The van der Waals surface area contributed by atoms with Crippen LogP contribution in [0, 0.1) is 0 Å². The van der Waals surface area contributed by atoms with Gasteiger partial charge in [0.15, 0.2) is 0 Å². The molecule has 3 heterocycles. The van der Waals surface area contributed by atoms with Gasteiger partial charge < -0.3 is 20.1 Å². The van der Waals surface area contributed by atoms with E-state index in [9.17, 15) is 0 Å². The molecule has 0 saturated carbocycles. The average Bonchev–Trinajstić information content (AvgIpc) is 3.28. The molecule has 2 aromatic heterocycles. The molecule has 0 amide bonds. The molecule has 2 N–H and O–H groups in total. The standard InChI is InChI=1S/C26H29N5O2/c1-33-25-5-3-2-4-23(25)24-11-10-22-18-27-26(29-31(22)24)28-21-8-6-19(7-9-21)20-12-14-30(15-13-20)16-17-32/h2-11,18,20,32H,12-17H2,1H3,(H,28,29). The normalized spacial score (nSPS) is 15.1. The molecule has 5 rings (SSSR count). The van der Waals surface area contributed by atoms with E-state index in [-0.39, 0.29) is 6.61 Å². The molecular weight excluding hydrogens is 414 g/mol. The fraction of sp³-hybridized carbons (Fsp3) is 0.308. The Morgan fingerprint density at radius 1 is 1.03 bits per heavy atom. The van der Waals surface area contributed by atoms with Gasteiger partial charge in [-0.15, -0.1) is 5.10 Å². The lowest BCUT2D eigenvalue weighted by molar-refractivity contribution is 0.164. The second-order valence-electron chi connectivity index (χ2n) is 8.42. The van der Waals surface area contributed by atoms with Gasteiger partial charge in [0.05, 0.1) is 31.1 Å². The fourth-order valence-corrected chi connectivity index (χ4v) is 4.62. The molecule has 7 heteroatoms. The topological polar surface area (TPSA) is 74.9 Å². The van der Waals surface area contributed by atoms with Crippen molar-refractivity contribution < 1.29 is 9.84 Å². The number of methoxy groups -OCH3 is 1. The van der Waals surface area contributed by atoms with Crippen LogP contribution in [0.4, 0.5) is 11.6 Å². The van der Waals surface area contributed by atoms with Gasteiger partial charge in [-0.05, 0) is 73.8 Å². The number of nitrogens with zero attached hydrogens (tertiary/aromatic N) is 4. The first-order chi connectivity index (χ1) is 16.2. The number of aliphatic hydroxyl groups excluding tert-OH is 1. The monoisotopic (exact) mass is 443 g/mol. The van der Waals surface area contributed by atoms with Gasteiger partial charge in [-0.1, -0.05) is 24.3 Å². The molecule has 170 valence electrons. The first kappa shape index (κ1) is 21.4. The van der Waals surface area contributed by atoms with Crippen molar-refractivity contribution >= 4 is 17.2 Å². The third kappa shape index (κ3) is 4.55. The summed E-state index contributed by atoms with van der Waals surface area (Å²) < 4.78 is 7.43. The first-order valence-electron chi connectivity index (χ1n) is 11.4. The second-order valence-corrected chi connectivity index (χ2v) is 8.42. The van der Waals surface area contributed by atoms with Crippen LogP contribution in [0.1, 0.15) is 24.3 Å². The number of hydrogen-bond acceptors (Lipinski definition) is 6. The lowest BCUT2D eigenvalue weighted by Crippen LogP contribution is -2.34. The van der Waals surface area contributed by atoms with E-state index in [0.717, 1.165) is 60.7 Å². The smallest absolute Gasteiger partial charge is 0.245 e. The molecule has 0 radical (unpaired) electrons. The number of aromatic nitrogens is 3. The summed E-state index contributed by atoms with van der Waals surface area (Å²) in [5, 5.41) is 17.2. The Morgan fingerprint density at radius 2 is 1.82 bits per heavy atom. The van der Waals surface area contributed by atoms with Crippen LogP contribution in [0.5, 0.6) is 5.75 Å². The molecule has 1 fully saturated rings. The van der Waals surface area contributed by atoms with Crippen molar-refractivity contribution in [2.75, 3.05) is 38.7 Å². The van der Waals surface area contributed by atoms with Crippen molar-refractivity contribution in [2.45, 2.75) is 18.8 Å². The number of piperidine rings is 1. The van der Waals surface area contributed by atoms with Crippen molar-refractivity contribution in [3.8, 4) is 17.0 Å². The molecular formula is C26H29N5O2. The highest BCUT2D eigenvalue weighted by molar-refractivity contribution is 5.72. The Morgan fingerprint density at radius 3 is 2.58 bits per heavy atom. The highest BCUT2D eigenvalue weighted by atomic mass is 16.5. The molecule has 1 aliphatic heterocycles. The predicted octanol–water partition coefficient (Wildman–Crippen LogP) is 4.32. The van der Waals surface area contributed by atoms with E-state index in [1.54, 1.807) is 7.11 Å². The SMILES string of the molecule is COc1ccccc1-c1ccc2cnc(Nc3ccc(C4CCN(CCO)CC4)cc3)nn12. The zero-order chi connectivity index (χ0) is 22.6. The average molecular weight is 444 g/mol. The number of aliphatic hydroxyl groups is 1. The zero-order valence-electron chi connectivity index (χ0n) is 18.8. The molecule has 2 aromatic carbocycles. The highest BCUT2D eigenvalue weighted by Crippen LogP contribution is 2.31. The Hall–Kier alpha value is -3.42. The maximum atomic E-state index is 9.13. The van der Waals surface area contributed by atoms with Gasteiger partial charge in [-0.2, -0.15) is 0 Å². The number of anilines is 2. The van der Waals surface area contributed by atoms with Gasteiger partial charge in [-0.25, -0.2) is 9.50 Å². The van der Waals surface area contributed by atoms with Crippen molar-refractivity contribution in [2.24, 2.45) is 0 Å². The number of β-amino-alcohol motifs (C(OH)–C–C–N with tert-alkyl or cyclic N) is 1. The van der Waals surface area contributed by atoms with Crippen molar-refractivity contribution in [1.82, 2.24) is 19.5 Å². The highest BCUT2D eigenvalue weighted by Gasteiger charge is 2.20. The molecule has 1 aliphatic rings. The molecule has 0 unspecified atom stereocenters. The minimum Gasteiger partial charge on any atom is -0.496 e. The summed E-state index contributed by atoms with van der Waals surface area (Å²) in [6.07, 6.45) is 4.08. The quantitative estimate of drug-likeness (QED) is 0.443. The van der Waals surface area contributed by atoms with E-state index in [4.69, 9.17) is 14.9 Å². The molecule has 0 bridgehead atoms. The van der Waals surface area contributed by atoms with Crippen LogP contribution < -0.4 is 10.1 Å². The zero-order valence-corrected chi connectivity index (χ0v) is 18.8. The second kappa shape index (κ2) is 9.60. The molecule has 0 spiro atoms. The third-order valence-corrected chi connectivity index (χ3v) is 6.42. The minimum absolute atomic E-state index is 0.238. The predicted molar refractivity (Wildman–Crippen MR) is 130 cm³/mol. The summed E-state index contributed by atoms with van der Waals surface area (Å²) >= 11 is 0. The molecule has 4 aromatic rings. The number of benzene rings is 2. The van der Waals surface area contributed by atoms with Gasteiger partial charge in [0, 0.05) is 17.8 Å². The summed E-state index contributed by atoms with van der Waals surface area (Å²) in [4.78, 5) is 6.82. The van der Waals surface area contributed by atoms with Crippen LogP contribution in [0.15, 0.2) is 66.9 Å².